The summed E-state index contributed by atoms with van der Waals surface area (Å²) in [5.74, 6) is -1.47. The highest BCUT2D eigenvalue weighted by Crippen LogP contribution is 2.27. The predicted molar refractivity (Wildman–Crippen MR) is 78.0 cm³/mol. The highest BCUT2D eigenvalue weighted by atomic mass is 16.4. The molecular weight excluding hydrogens is 252 g/mol. The molecule has 0 aliphatic carbocycles. The molecule has 0 heterocycles. The van der Waals surface area contributed by atoms with E-state index in [0.717, 1.165) is 5.56 Å². The van der Waals surface area contributed by atoms with Gasteiger partial charge in [0.1, 0.15) is 0 Å². The Balaban J connectivity index is 2.68. The number of hydrogen-bond acceptors (Lipinski definition) is 2. The number of Topliss-reactive ketones (excluding diaryl/α,β-unsaturated/α-hetero) is 1. The number of carbonyl (C=O) groups excluding carboxylic acids is 1. The van der Waals surface area contributed by atoms with E-state index in [1.165, 1.54) is 0 Å². The molecule has 0 atom stereocenters. The molecule has 0 saturated heterocycles. The van der Waals surface area contributed by atoms with Gasteiger partial charge in [-0.2, -0.15) is 0 Å². The normalized spacial score (nSPS) is 10.6. The van der Waals surface area contributed by atoms with Gasteiger partial charge in [0.25, 0.3) is 0 Å². The van der Waals surface area contributed by atoms with Gasteiger partial charge in [-0.15, -0.1) is 0 Å². The molecule has 0 amide bonds. The van der Waals surface area contributed by atoms with E-state index in [1.807, 2.05) is 30.3 Å². The number of aromatic carboxylic acids is 1. The van der Waals surface area contributed by atoms with Crippen molar-refractivity contribution >= 4 is 11.8 Å². The lowest BCUT2D eigenvalue weighted by Gasteiger charge is -2.12. The molecule has 20 heavy (non-hydrogen) atoms. The van der Waals surface area contributed by atoms with Crippen LogP contribution in [0.5, 0.6) is 0 Å². The Morgan fingerprint density at radius 1 is 0.950 bits per heavy atom. The molecule has 3 nitrogen and oxygen atoms in total. The van der Waals surface area contributed by atoms with Gasteiger partial charge in [0, 0.05) is 11.5 Å². The van der Waals surface area contributed by atoms with Gasteiger partial charge in [0.15, 0.2) is 5.78 Å². The molecule has 0 fully saturated rings. The summed E-state index contributed by atoms with van der Waals surface area (Å²) >= 11 is 0. The standard InChI is InChI=1S/C17H16O3/c1-11(2)16(18)14-10-6-9-13(15(14)17(19)20)12-7-4-3-5-8-12/h3-11H,1-2H3,(H,19,20). The van der Waals surface area contributed by atoms with Crippen molar-refractivity contribution < 1.29 is 14.7 Å². The van der Waals surface area contributed by atoms with Crippen molar-refractivity contribution in [2.24, 2.45) is 5.92 Å². The Kier molecular flexibility index (Phi) is 3.99. The first-order chi connectivity index (χ1) is 9.52. The molecule has 0 aromatic heterocycles. The number of ketones is 1. The zero-order valence-corrected chi connectivity index (χ0v) is 11.5. The quantitative estimate of drug-likeness (QED) is 0.856. The molecule has 0 aliphatic rings. The van der Waals surface area contributed by atoms with Gasteiger partial charge < -0.3 is 5.11 Å². The Morgan fingerprint density at radius 2 is 1.60 bits per heavy atom. The molecule has 0 radical (unpaired) electrons. The predicted octanol–water partition coefficient (Wildman–Crippen LogP) is 3.89. The molecule has 2 aromatic rings. The van der Waals surface area contributed by atoms with Gasteiger partial charge in [0.05, 0.1) is 5.56 Å². The molecule has 2 aromatic carbocycles. The third kappa shape index (κ3) is 2.62. The smallest absolute Gasteiger partial charge is 0.337 e. The fourth-order valence-corrected chi connectivity index (χ4v) is 2.16. The summed E-state index contributed by atoms with van der Waals surface area (Å²) in [6, 6.07) is 14.3. The van der Waals surface area contributed by atoms with Crippen molar-refractivity contribution in [3.8, 4) is 11.1 Å². The lowest BCUT2D eigenvalue weighted by molar-refractivity contribution is 0.0691. The maximum absolute atomic E-state index is 12.2. The van der Waals surface area contributed by atoms with Gasteiger partial charge >= 0.3 is 5.97 Å². The first-order valence-electron chi connectivity index (χ1n) is 6.48. The van der Waals surface area contributed by atoms with Crippen LogP contribution < -0.4 is 0 Å². The van der Waals surface area contributed by atoms with E-state index < -0.39 is 5.97 Å². The third-order valence-electron chi connectivity index (χ3n) is 3.15. The third-order valence-corrected chi connectivity index (χ3v) is 3.15. The lowest BCUT2D eigenvalue weighted by Crippen LogP contribution is -2.14. The van der Waals surface area contributed by atoms with E-state index >= 15 is 0 Å². The summed E-state index contributed by atoms with van der Waals surface area (Å²) in [4.78, 5) is 23.8. The summed E-state index contributed by atoms with van der Waals surface area (Å²) < 4.78 is 0. The van der Waals surface area contributed by atoms with Crippen molar-refractivity contribution in [1.82, 2.24) is 0 Å². The largest absolute Gasteiger partial charge is 0.478 e. The van der Waals surface area contributed by atoms with Gasteiger partial charge in [-0.1, -0.05) is 62.4 Å². The van der Waals surface area contributed by atoms with Crippen molar-refractivity contribution in [3.05, 3.63) is 59.7 Å². The molecule has 1 N–H and O–H groups in total. The number of hydrogen-bond donors (Lipinski definition) is 1. The van der Waals surface area contributed by atoms with Crippen LogP contribution in [0.15, 0.2) is 48.5 Å². The number of carbonyl (C=O) groups is 2. The SMILES string of the molecule is CC(C)C(=O)c1cccc(-c2ccccc2)c1C(=O)O. The molecule has 102 valence electrons. The van der Waals surface area contributed by atoms with Crippen molar-refractivity contribution in [2.45, 2.75) is 13.8 Å². The molecule has 2 rings (SSSR count). The van der Waals surface area contributed by atoms with E-state index in [-0.39, 0.29) is 22.8 Å². The maximum Gasteiger partial charge on any atom is 0.337 e. The van der Waals surface area contributed by atoms with E-state index in [9.17, 15) is 14.7 Å². The second kappa shape index (κ2) is 5.70. The van der Waals surface area contributed by atoms with Crippen LogP contribution >= 0.6 is 0 Å². The minimum absolute atomic E-state index is 0.0809. The highest BCUT2D eigenvalue weighted by Gasteiger charge is 2.22. The van der Waals surface area contributed by atoms with Crippen LogP contribution in [-0.2, 0) is 0 Å². The minimum Gasteiger partial charge on any atom is -0.478 e. The van der Waals surface area contributed by atoms with Gasteiger partial charge in [-0.25, -0.2) is 4.79 Å². The van der Waals surface area contributed by atoms with Crippen LogP contribution in [0.25, 0.3) is 11.1 Å². The van der Waals surface area contributed by atoms with Crippen molar-refractivity contribution in [1.29, 1.82) is 0 Å². The molecule has 0 unspecified atom stereocenters. The fraction of sp³-hybridized carbons (Fsp3) is 0.176. The monoisotopic (exact) mass is 268 g/mol. The van der Waals surface area contributed by atoms with E-state index in [4.69, 9.17) is 0 Å². The van der Waals surface area contributed by atoms with E-state index in [1.54, 1.807) is 32.0 Å². The molecule has 0 bridgehead atoms. The Bertz CT molecular complexity index is 643. The van der Waals surface area contributed by atoms with Crippen LogP contribution in [0, 0.1) is 5.92 Å². The van der Waals surface area contributed by atoms with Gasteiger partial charge in [0.2, 0.25) is 0 Å². The molecular formula is C17H16O3. The molecule has 0 spiro atoms. The summed E-state index contributed by atoms with van der Waals surface area (Å²) in [5.41, 5.74) is 1.72. The van der Waals surface area contributed by atoms with Crippen LogP contribution in [0.3, 0.4) is 0 Å². The number of benzene rings is 2. The molecule has 0 aliphatic heterocycles. The van der Waals surface area contributed by atoms with Crippen LogP contribution in [0.1, 0.15) is 34.6 Å². The number of carboxylic acids is 1. The average molecular weight is 268 g/mol. The topological polar surface area (TPSA) is 54.4 Å². The van der Waals surface area contributed by atoms with Crippen molar-refractivity contribution in [3.63, 3.8) is 0 Å². The minimum atomic E-state index is -1.08. The second-order valence-corrected chi connectivity index (χ2v) is 4.92. The zero-order valence-electron chi connectivity index (χ0n) is 11.5. The maximum atomic E-state index is 12.2. The zero-order chi connectivity index (χ0) is 14.7. The van der Waals surface area contributed by atoms with E-state index in [0.29, 0.717) is 5.56 Å². The number of rotatable bonds is 4. The Labute approximate surface area is 117 Å². The highest BCUT2D eigenvalue weighted by molar-refractivity contribution is 6.10. The lowest BCUT2D eigenvalue weighted by atomic mass is 9.90. The van der Waals surface area contributed by atoms with Crippen LogP contribution in [0.4, 0.5) is 0 Å². The number of carboxylic acid groups (broad SMARTS) is 1. The first kappa shape index (κ1) is 14.0. The summed E-state index contributed by atoms with van der Waals surface area (Å²) in [7, 11) is 0. The van der Waals surface area contributed by atoms with Crippen LogP contribution in [-0.4, -0.2) is 16.9 Å². The molecule has 0 saturated carbocycles. The second-order valence-electron chi connectivity index (χ2n) is 4.92. The Hall–Kier alpha value is -2.42. The average Bonchev–Trinajstić information content (AvgIpc) is 2.46. The van der Waals surface area contributed by atoms with Crippen LogP contribution in [0.2, 0.25) is 0 Å². The van der Waals surface area contributed by atoms with Gasteiger partial charge in [-0.3, -0.25) is 4.79 Å². The fourth-order valence-electron chi connectivity index (χ4n) is 2.16. The summed E-state index contributed by atoms with van der Waals surface area (Å²) in [6.45, 7) is 3.53. The Morgan fingerprint density at radius 3 is 2.15 bits per heavy atom. The first-order valence-corrected chi connectivity index (χ1v) is 6.48. The summed E-state index contributed by atoms with van der Waals surface area (Å²) in [6.07, 6.45) is 0. The van der Waals surface area contributed by atoms with E-state index in [2.05, 4.69) is 0 Å². The summed E-state index contributed by atoms with van der Waals surface area (Å²) in [5, 5.41) is 9.49. The molecule has 3 heteroatoms. The van der Waals surface area contributed by atoms with Gasteiger partial charge in [-0.05, 0) is 11.1 Å². The van der Waals surface area contributed by atoms with Crippen molar-refractivity contribution in [2.75, 3.05) is 0 Å².